The van der Waals surface area contributed by atoms with Gasteiger partial charge in [0, 0.05) is 11.6 Å². The Kier molecular flexibility index (Phi) is 3.18. The Hall–Kier alpha value is -2.31. The van der Waals surface area contributed by atoms with E-state index in [0.717, 1.165) is 30.5 Å². The molecule has 2 aromatic rings. The molecular formula is C12H13N5O2. The van der Waals surface area contributed by atoms with Gasteiger partial charge in [-0.3, -0.25) is 4.79 Å². The van der Waals surface area contributed by atoms with Crippen LogP contribution in [0.1, 0.15) is 30.0 Å². The van der Waals surface area contributed by atoms with E-state index in [2.05, 4.69) is 20.5 Å². The second-order valence-corrected chi connectivity index (χ2v) is 4.48. The van der Waals surface area contributed by atoms with Crippen LogP contribution in [0.5, 0.6) is 0 Å². The molecule has 0 spiro atoms. The van der Waals surface area contributed by atoms with Gasteiger partial charge in [0.05, 0.1) is 6.61 Å². The minimum Gasteiger partial charge on any atom is -0.467 e. The summed E-state index contributed by atoms with van der Waals surface area (Å²) in [5.41, 5.74) is 2.20. The number of hydrogen-bond donors (Lipinski definition) is 0. The van der Waals surface area contributed by atoms with Crippen LogP contribution in [0, 0.1) is 0 Å². The van der Waals surface area contributed by atoms with Gasteiger partial charge in [0.25, 0.3) is 6.47 Å². The number of rotatable bonds is 4. The van der Waals surface area contributed by atoms with Crippen molar-refractivity contribution < 1.29 is 9.53 Å². The molecule has 3 rings (SSSR count). The fourth-order valence-corrected chi connectivity index (χ4v) is 2.47. The third-order valence-electron chi connectivity index (χ3n) is 3.35. The summed E-state index contributed by atoms with van der Waals surface area (Å²) in [4.78, 5) is 14.9. The Morgan fingerprint density at radius 2 is 2.42 bits per heavy atom. The van der Waals surface area contributed by atoms with Crippen LogP contribution in [-0.4, -0.2) is 38.3 Å². The first-order valence-electron chi connectivity index (χ1n) is 6.17. The van der Waals surface area contributed by atoms with Crippen molar-refractivity contribution >= 4 is 6.47 Å². The van der Waals surface area contributed by atoms with Crippen LogP contribution in [0.25, 0.3) is 5.82 Å². The zero-order valence-electron chi connectivity index (χ0n) is 10.3. The maximum atomic E-state index is 10.3. The normalized spacial score (nSPS) is 17.8. The number of aromatic nitrogens is 5. The second kappa shape index (κ2) is 5.13. The predicted octanol–water partition coefficient (Wildman–Crippen LogP) is 0.650. The number of ether oxygens (including phenoxy) is 1. The summed E-state index contributed by atoms with van der Waals surface area (Å²) in [6, 6.07) is 3.91. The average Bonchev–Trinajstić information content (AvgIpc) is 2.98. The molecule has 0 aliphatic heterocycles. The fraction of sp³-hybridized carbons (Fsp3) is 0.417. The molecule has 0 amide bonds. The summed E-state index contributed by atoms with van der Waals surface area (Å²) in [5, 5.41) is 11.0. The molecule has 0 N–H and O–H groups in total. The third-order valence-corrected chi connectivity index (χ3v) is 3.35. The van der Waals surface area contributed by atoms with Crippen molar-refractivity contribution in [3.05, 3.63) is 29.7 Å². The molecular weight excluding hydrogens is 246 g/mol. The van der Waals surface area contributed by atoms with Crippen LogP contribution in [0.4, 0.5) is 0 Å². The van der Waals surface area contributed by atoms with Gasteiger partial charge in [-0.2, -0.15) is 4.68 Å². The van der Waals surface area contributed by atoms with E-state index in [1.807, 2.05) is 12.1 Å². The van der Waals surface area contributed by atoms with Gasteiger partial charge < -0.3 is 4.74 Å². The van der Waals surface area contributed by atoms with Crippen LogP contribution in [0.15, 0.2) is 18.5 Å². The highest BCUT2D eigenvalue weighted by Crippen LogP contribution is 2.31. The van der Waals surface area contributed by atoms with E-state index in [0.29, 0.717) is 18.9 Å². The molecule has 7 nitrogen and oxygen atoms in total. The molecule has 1 aliphatic rings. The minimum absolute atomic E-state index is 0.240. The van der Waals surface area contributed by atoms with Gasteiger partial charge >= 0.3 is 0 Å². The number of hydrogen-bond acceptors (Lipinski definition) is 6. The van der Waals surface area contributed by atoms with Gasteiger partial charge in [-0.1, -0.05) is 6.07 Å². The smallest absolute Gasteiger partial charge is 0.293 e. The SMILES string of the molecule is O=COCC1CCCc2nc(-n3cnnn3)ccc21. The number of nitrogens with zero attached hydrogens (tertiary/aromatic N) is 5. The fourth-order valence-electron chi connectivity index (χ4n) is 2.47. The molecule has 0 bridgehead atoms. The first kappa shape index (κ1) is 11.8. The van der Waals surface area contributed by atoms with E-state index in [4.69, 9.17) is 4.74 Å². The summed E-state index contributed by atoms with van der Waals surface area (Å²) in [5.74, 6) is 0.949. The lowest BCUT2D eigenvalue weighted by atomic mass is 9.86. The molecule has 2 heterocycles. The number of carbonyl (C=O) groups excluding carboxylic acids is 1. The van der Waals surface area contributed by atoms with Crippen LogP contribution >= 0.6 is 0 Å². The highest BCUT2D eigenvalue weighted by molar-refractivity contribution is 5.38. The standard InChI is InChI=1S/C12H13N5O2/c18-8-19-6-9-2-1-3-11-10(9)4-5-12(14-11)17-7-13-15-16-17/h4-5,7-9H,1-3,6H2. The molecule has 0 radical (unpaired) electrons. The minimum atomic E-state index is 0.240. The molecule has 1 atom stereocenters. The number of tetrazole rings is 1. The lowest BCUT2D eigenvalue weighted by Gasteiger charge is -2.24. The molecule has 0 fully saturated rings. The van der Waals surface area contributed by atoms with E-state index in [9.17, 15) is 4.79 Å². The van der Waals surface area contributed by atoms with Gasteiger partial charge in [0.1, 0.15) is 6.33 Å². The van der Waals surface area contributed by atoms with Crippen LogP contribution in [0.3, 0.4) is 0 Å². The Balaban J connectivity index is 1.90. The second-order valence-electron chi connectivity index (χ2n) is 4.48. The number of fused-ring (bicyclic) bond motifs is 1. The Bertz CT molecular complexity index is 570. The Labute approximate surface area is 109 Å². The van der Waals surface area contributed by atoms with E-state index in [1.54, 1.807) is 0 Å². The first-order valence-corrected chi connectivity index (χ1v) is 6.17. The number of pyridine rings is 1. The molecule has 2 aromatic heterocycles. The largest absolute Gasteiger partial charge is 0.467 e. The summed E-state index contributed by atoms with van der Waals surface area (Å²) >= 11 is 0. The zero-order chi connectivity index (χ0) is 13.1. The molecule has 1 unspecified atom stereocenters. The molecule has 1 aliphatic carbocycles. The van der Waals surface area contributed by atoms with E-state index >= 15 is 0 Å². The Morgan fingerprint density at radius 1 is 1.47 bits per heavy atom. The van der Waals surface area contributed by atoms with E-state index in [1.165, 1.54) is 11.0 Å². The average molecular weight is 259 g/mol. The Morgan fingerprint density at radius 3 is 3.21 bits per heavy atom. The van der Waals surface area contributed by atoms with Crippen molar-refractivity contribution in [2.24, 2.45) is 0 Å². The van der Waals surface area contributed by atoms with Gasteiger partial charge in [0.15, 0.2) is 5.82 Å². The van der Waals surface area contributed by atoms with Crippen molar-refractivity contribution in [2.45, 2.75) is 25.2 Å². The highest BCUT2D eigenvalue weighted by Gasteiger charge is 2.22. The summed E-state index contributed by atoms with van der Waals surface area (Å²) in [6.45, 7) is 0.916. The topological polar surface area (TPSA) is 82.8 Å². The molecule has 0 aromatic carbocycles. The van der Waals surface area contributed by atoms with Crippen molar-refractivity contribution in [2.75, 3.05) is 6.61 Å². The van der Waals surface area contributed by atoms with Crippen LogP contribution in [0.2, 0.25) is 0 Å². The van der Waals surface area contributed by atoms with Crippen LogP contribution in [-0.2, 0) is 16.0 Å². The number of carbonyl (C=O) groups is 1. The van der Waals surface area contributed by atoms with Crippen molar-refractivity contribution in [1.82, 2.24) is 25.2 Å². The summed E-state index contributed by atoms with van der Waals surface area (Å²) < 4.78 is 6.42. The van der Waals surface area contributed by atoms with Crippen molar-refractivity contribution in [3.8, 4) is 5.82 Å². The van der Waals surface area contributed by atoms with Crippen molar-refractivity contribution in [1.29, 1.82) is 0 Å². The van der Waals surface area contributed by atoms with Gasteiger partial charge in [-0.25, -0.2) is 4.98 Å². The predicted molar refractivity (Wildman–Crippen MR) is 64.6 cm³/mol. The molecule has 7 heteroatoms. The van der Waals surface area contributed by atoms with Gasteiger partial charge in [0.2, 0.25) is 0 Å². The highest BCUT2D eigenvalue weighted by atomic mass is 16.5. The van der Waals surface area contributed by atoms with Crippen molar-refractivity contribution in [3.63, 3.8) is 0 Å². The number of aryl methyl sites for hydroxylation is 1. The quantitative estimate of drug-likeness (QED) is 0.750. The molecule has 19 heavy (non-hydrogen) atoms. The van der Waals surface area contributed by atoms with Gasteiger partial charge in [-0.05, 0) is 41.3 Å². The third kappa shape index (κ3) is 2.31. The molecule has 0 saturated carbocycles. The summed E-state index contributed by atoms with van der Waals surface area (Å²) in [6.07, 6.45) is 4.52. The maximum absolute atomic E-state index is 10.3. The molecule has 0 saturated heterocycles. The lowest BCUT2D eigenvalue weighted by Crippen LogP contribution is -2.17. The van der Waals surface area contributed by atoms with Crippen LogP contribution < -0.4 is 0 Å². The summed E-state index contributed by atoms with van der Waals surface area (Å²) in [7, 11) is 0. The van der Waals surface area contributed by atoms with Gasteiger partial charge in [-0.15, -0.1) is 5.10 Å². The lowest BCUT2D eigenvalue weighted by molar-refractivity contribution is -0.129. The van der Waals surface area contributed by atoms with E-state index in [-0.39, 0.29) is 5.92 Å². The van der Waals surface area contributed by atoms with E-state index < -0.39 is 0 Å². The first-order chi connectivity index (χ1) is 9.38. The zero-order valence-corrected chi connectivity index (χ0v) is 10.3. The maximum Gasteiger partial charge on any atom is 0.293 e. The molecule has 98 valence electrons. The monoisotopic (exact) mass is 259 g/mol.